The van der Waals surface area contributed by atoms with Crippen molar-refractivity contribution in [2.45, 2.75) is 26.4 Å². The summed E-state index contributed by atoms with van der Waals surface area (Å²) in [6.07, 6.45) is 1.27. The van der Waals surface area contributed by atoms with Gasteiger partial charge in [-0.15, -0.1) is 0 Å². The third-order valence-corrected chi connectivity index (χ3v) is 1.55. The normalized spacial score (nSPS) is 11.2. The second-order valence-corrected chi connectivity index (χ2v) is 4.32. The molecule has 15 heavy (non-hydrogen) atoms. The lowest BCUT2D eigenvalue weighted by atomic mass is 10.2. The monoisotopic (exact) mass is 229 g/mol. The highest BCUT2D eigenvalue weighted by atomic mass is 35.5. The van der Waals surface area contributed by atoms with Gasteiger partial charge in [-0.2, -0.15) is 0 Å². The number of nitrogen functional groups attached to an aromatic ring is 1. The molecule has 0 saturated carbocycles. The summed E-state index contributed by atoms with van der Waals surface area (Å²) in [5.74, 6) is -0.622. The van der Waals surface area contributed by atoms with E-state index in [1.807, 2.05) is 0 Å². The molecule has 82 valence electrons. The zero-order valence-corrected chi connectivity index (χ0v) is 9.50. The van der Waals surface area contributed by atoms with E-state index in [-0.39, 0.29) is 16.7 Å². The molecule has 0 fully saturated rings. The average molecular weight is 230 g/mol. The van der Waals surface area contributed by atoms with E-state index in [1.54, 1.807) is 20.8 Å². The van der Waals surface area contributed by atoms with E-state index in [0.717, 1.165) is 0 Å². The van der Waals surface area contributed by atoms with Crippen molar-refractivity contribution < 1.29 is 9.53 Å². The first-order valence-corrected chi connectivity index (χ1v) is 4.69. The van der Waals surface area contributed by atoms with Crippen LogP contribution < -0.4 is 5.73 Å². The number of anilines is 1. The van der Waals surface area contributed by atoms with Gasteiger partial charge in [-0.25, -0.2) is 14.8 Å². The van der Waals surface area contributed by atoms with Crippen LogP contribution in [0, 0.1) is 0 Å². The van der Waals surface area contributed by atoms with Crippen molar-refractivity contribution in [2.75, 3.05) is 5.73 Å². The number of ether oxygens (including phenoxy) is 1. The van der Waals surface area contributed by atoms with Gasteiger partial charge in [-0.1, -0.05) is 11.6 Å². The number of nitrogens with zero attached hydrogens (tertiary/aromatic N) is 2. The van der Waals surface area contributed by atoms with Crippen LogP contribution in [0.4, 0.5) is 5.82 Å². The summed E-state index contributed by atoms with van der Waals surface area (Å²) in [4.78, 5) is 19.0. The molecule has 0 spiro atoms. The number of rotatable bonds is 1. The van der Waals surface area contributed by atoms with E-state index in [0.29, 0.717) is 0 Å². The van der Waals surface area contributed by atoms with Crippen LogP contribution in [-0.2, 0) is 4.74 Å². The van der Waals surface area contributed by atoms with Crippen LogP contribution in [0.25, 0.3) is 0 Å². The number of hydrogen-bond donors (Lipinski definition) is 1. The Hall–Kier alpha value is -1.36. The van der Waals surface area contributed by atoms with Gasteiger partial charge in [0.05, 0.1) is 6.20 Å². The van der Waals surface area contributed by atoms with E-state index in [9.17, 15) is 4.79 Å². The van der Waals surface area contributed by atoms with E-state index in [4.69, 9.17) is 22.1 Å². The Morgan fingerprint density at radius 1 is 1.53 bits per heavy atom. The maximum Gasteiger partial charge on any atom is 0.361 e. The highest BCUT2D eigenvalue weighted by Crippen LogP contribution is 2.15. The van der Waals surface area contributed by atoms with Crippen molar-refractivity contribution in [1.29, 1.82) is 0 Å². The standard InChI is InChI=1S/C9H12ClN3O2/c1-9(2,3)15-8(14)6-7(11)12-4-5(10)13-6/h4H,1-3H3,(H2,11,12). The molecule has 0 aliphatic rings. The Labute approximate surface area is 92.6 Å². The molecule has 0 unspecified atom stereocenters. The van der Waals surface area contributed by atoms with Gasteiger partial charge in [0.15, 0.2) is 11.5 Å². The molecule has 2 N–H and O–H groups in total. The molecule has 1 heterocycles. The van der Waals surface area contributed by atoms with Crippen LogP contribution in [0.1, 0.15) is 31.3 Å². The summed E-state index contributed by atoms with van der Waals surface area (Å²) in [5, 5.41) is 0.102. The van der Waals surface area contributed by atoms with Gasteiger partial charge in [0.1, 0.15) is 10.8 Å². The Kier molecular flexibility index (Phi) is 3.14. The van der Waals surface area contributed by atoms with E-state index in [1.165, 1.54) is 6.20 Å². The largest absolute Gasteiger partial charge is 0.455 e. The van der Waals surface area contributed by atoms with E-state index < -0.39 is 11.6 Å². The predicted molar refractivity (Wildman–Crippen MR) is 56.6 cm³/mol. The fourth-order valence-corrected chi connectivity index (χ4v) is 0.987. The number of carbonyl (C=O) groups excluding carboxylic acids is 1. The summed E-state index contributed by atoms with van der Waals surface area (Å²) in [6.45, 7) is 5.25. The lowest BCUT2D eigenvalue weighted by Gasteiger charge is -2.19. The number of carbonyl (C=O) groups is 1. The molecule has 0 saturated heterocycles. The summed E-state index contributed by atoms with van der Waals surface area (Å²) < 4.78 is 5.08. The van der Waals surface area contributed by atoms with Gasteiger partial charge in [0.2, 0.25) is 0 Å². The van der Waals surface area contributed by atoms with Crippen molar-refractivity contribution in [2.24, 2.45) is 0 Å². The van der Waals surface area contributed by atoms with Crippen LogP contribution in [-0.4, -0.2) is 21.5 Å². The average Bonchev–Trinajstić information content (AvgIpc) is 2.06. The van der Waals surface area contributed by atoms with Crippen molar-refractivity contribution in [1.82, 2.24) is 9.97 Å². The molecule has 0 aliphatic carbocycles. The highest BCUT2D eigenvalue weighted by molar-refractivity contribution is 6.29. The maximum atomic E-state index is 11.6. The molecule has 1 rings (SSSR count). The molecule has 0 aliphatic heterocycles. The lowest BCUT2D eigenvalue weighted by Crippen LogP contribution is -2.25. The van der Waals surface area contributed by atoms with Gasteiger partial charge < -0.3 is 10.5 Å². The Balaban J connectivity index is 2.96. The second-order valence-electron chi connectivity index (χ2n) is 3.93. The zero-order valence-electron chi connectivity index (χ0n) is 8.74. The lowest BCUT2D eigenvalue weighted by molar-refractivity contribution is 0.00638. The zero-order chi connectivity index (χ0) is 11.6. The van der Waals surface area contributed by atoms with Gasteiger partial charge in [0, 0.05) is 0 Å². The minimum Gasteiger partial charge on any atom is -0.455 e. The van der Waals surface area contributed by atoms with Gasteiger partial charge >= 0.3 is 5.97 Å². The van der Waals surface area contributed by atoms with Crippen LogP contribution in [0.5, 0.6) is 0 Å². The molecule has 5 nitrogen and oxygen atoms in total. The first-order valence-electron chi connectivity index (χ1n) is 4.31. The molecule has 0 radical (unpaired) electrons. The molecule has 0 atom stereocenters. The minimum absolute atomic E-state index is 0.00801. The molecule has 1 aromatic rings. The molecule has 0 bridgehead atoms. The fourth-order valence-electron chi connectivity index (χ4n) is 0.854. The summed E-state index contributed by atoms with van der Waals surface area (Å²) in [7, 11) is 0. The SMILES string of the molecule is CC(C)(C)OC(=O)c1nc(Cl)cnc1N. The Morgan fingerprint density at radius 2 is 2.13 bits per heavy atom. The van der Waals surface area contributed by atoms with E-state index in [2.05, 4.69) is 9.97 Å². The van der Waals surface area contributed by atoms with Crippen molar-refractivity contribution in [3.05, 3.63) is 17.0 Å². The summed E-state index contributed by atoms with van der Waals surface area (Å²) in [5.41, 5.74) is 4.81. The number of nitrogens with two attached hydrogens (primary N) is 1. The number of halogens is 1. The third kappa shape index (κ3) is 3.36. The van der Waals surface area contributed by atoms with E-state index >= 15 is 0 Å². The maximum absolute atomic E-state index is 11.6. The first-order chi connectivity index (χ1) is 6.79. The molecular formula is C9H12ClN3O2. The van der Waals surface area contributed by atoms with Crippen LogP contribution in [0.3, 0.4) is 0 Å². The quantitative estimate of drug-likeness (QED) is 0.741. The summed E-state index contributed by atoms with van der Waals surface area (Å²) >= 11 is 5.60. The van der Waals surface area contributed by atoms with Gasteiger partial charge in [-0.05, 0) is 20.8 Å². The van der Waals surface area contributed by atoms with Crippen molar-refractivity contribution >= 4 is 23.4 Å². The summed E-state index contributed by atoms with van der Waals surface area (Å²) in [6, 6.07) is 0. The molecule has 0 amide bonds. The van der Waals surface area contributed by atoms with Crippen LogP contribution in [0.2, 0.25) is 5.15 Å². The Morgan fingerprint density at radius 3 is 2.67 bits per heavy atom. The van der Waals surface area contributed by atoms with Crippen LogP contribution in [0.15, 0.2) is 6.20 Å². The van der Waals surface area contributed by atoms with Crippen molar-refractivity contribution in [3.63, 3.8) is 0 Å². The van der Waals surface area contributed by atoms with Gasteiger partial charge in [-0.3, -0.25) is 0 Å². The Bertz CT molecular complexity index is 387. The first kappa shape index (κ1) is 11.7. The van der Waals surface area contributed by atoms with Gasteiger partial charge in [0.25, 0.3) is 0 Å². The van der Waals surface area contributed by atoms with Crippen LogP contribution >= 0.6 is 11.6 Å². The molecule has 0 aromatic carbocycles. The number of aromatic nitrogens is 2. The topological polar surface area (TPSA) is 78.1 Å². The molecule has 1 aromatic heterocycles. The minimum atomic E-state index is -0.630. The highest BCUT2D eigenvalue weighted by Gasteiger charge is 2.21. The number of hydrogen-bond acceptors (Lipinski definition) is 5. The third-order valence-electron chi connectivity index (χ3n) is 1.36. The fraction of sp³-hybridized carbons (Fsp3) is 0.444. The molecule has 6 heteroatoms. The smallest absolute Gasteiger partial charge is 0.361 e. The number of esters is 1. The second kappa shape index (κ2) is 4.02. The van der Waals surface area contributed by atoms with Crippen molar-refractivity contribution in [3.8, 4) is 0 Å². The molecular weight excluding hydrogens is 218 g/mol. The predicted octanol–water partition coefficient (Wildman–Crippen LogP) is 1.67.